The van der Waals surface area contributed by atoms with Gasteiger partial charge in [-0.25, -0.2) is 0 Å². The van der Waals surface area contributed by atoms with E-state index in [4.69, 9.17) is 11.6 Å². The molecule has 0 atom stereocenters. The second-order valence-electron chi connectivity index (χ2n) is 3.21. The molecule has 0 amide bonds. The maximum Gasteiger partial charge on any atom is 0.0223 e. The van der Waals surface area contributed by atoms with Gasteiger partial charge in [0, 0.05) is 11.9 Å². The van der Waals surface area contributed by atoms with Crippen molar-refractivity contribution in [2.75, 3.05) is 12.4 Å². The van der Waals surface area contributed by atoms with E-state index in [1.54, 1.807) is 0 Å². The molecule has 0 saturated carbocycles. The van der Waals surface area contributed by atoms with E-state index in [0.717, 1.165) is 12.4 Å². The predicted octanol–water partition coefficient (Wildman–Crippen LogP) is 2.78. The average molecular weight is 178 g/mol. The van der Waals surface area contributed by atoms with Crippen molar-refractivity contribution in [3.63, 3.8) is 0 Å². The fraction of sp³-hybridized carbons (Fsp3) is 1.00. The SMILES string of the molecule is CC(C)NCCCCCCCl. The Morgan fingerprint density at radius 2 is 1.73 bits per heavy atom. The number of nitrogens with one attached hydrogen (secondary N) is 1. The van der Waals surface area contributed by atoms with E-state index >= 15 is 0 Å². The summed E-state index contributed by atoms with van der Waals surface area (Å²) in [5.74, 6) is 0.817. The minimum atomic E-state index is 0.628. The van der Waals surface area contributed by atoms with Crippen LogP contribution in [0.1, 0.15) is 39.5 Å². The van der Waals surface area contributed by atoms with Crippen molar-refractivity contribution in [2.45, 2.75) is 45.6 Å². The molecule has 0 aliphatic heterocycles. The van der Waals surface area contributed by atoms with Crippen molar-refractivity contribution in [2.24, 2.45) is 0 Å². The molecule has 0 fully saturated rings. The van der Waals surface area contributed by atoms with Gasteiger partial charge in [0.1, 0.15) is 0 Å². The quantitative estimate of drug-likeness (QED) is 0.466. The number of hydrogen-bond acceptors (Lipinski definition) is 1. The van der Waals surface area contributed by atoms with Gasteiger partial charge in [0.25, 0.3) is 0 Å². The molecule has 2 heteroatoms. The third-order valence-corrected chi connectivity index (χ3v) is 1.88. The average Bonchev–Trinajstić information content (AvgIpc) is 1.96. The molecule has 0 aromatic heterocycles. The van der Waals surface area contributed by atoms with Crippen molar-refractivity contribution in [3.05, 3.63) is 0 Å². The smallest absolute Gasteiger partial charge is 0.0223 e. The summed E-state index contributed by atoms with van der Waals surface area (Å²) in [6.07, 6.45) is 5.05. The Morgan fingerprint density at radius 3 is 2.27 bits per heavy atom. The van der Waals surface area contributed by atoms with Gasteiger partial charge in [-0.15, -0.1) is 11.6 Å². The topological polar surface area (TPSA) is 12.0 Å². The monoisotopic (exact) mass is 177 g/mol. The lowest BCUT2D eigenvalue weighted by molar-refractivity contribution is 0.547. The Labute approximate surface area is 75.5 Å². The van der Waals surface area contributed by atoms with E-state index in [1.165, 1.54) is 25.7 Å². The Bertz CT molecular complexity index is 74.0. The zero-order valence-corrected chi connectivity index (χ0v) is 8.45. The molecule has 0 aliphatic carbocycles. The Hall–Kier alpha value is 0.250. The summed E-state index contributed by atoms with van der Waals surface area (Å²) in [6, 6.07) is 0.628. The summed E-state index contributed by atoms with van der Waals surface area (Å²) < 4.78 is 0. The van der Waals surface area contributed by atoms with Crippen molar-refractivity contribution < 1.29 is 0 Å². The molecule has 0 radical (unpaired) electrons. The lowest BCUT2D eigenvalue weighted by Gasteiger charge is -2.06. The van der Waals surface area contributed by atoms with Gasteiger partial charge in [0.15, 0.2) is 0 Å². The molecule has 0 heterocycles. The van der Waals surface area contributed by atoms with E-state index in [9.17, 15) is 0 Å². The van der Waals surface area contributed by atoms with Gasteiger partial charge in [-0.1, -0.05) is 26.7 Å². The van der Waals surface area contributed by atoms with E-state index in [2.05, 4.69) is 19.2 Å². The summed E-state index contributed by atoms with van der Waals surface area (Å²) in [5, 5.41) is 3.39. The van der Waals surface area contributed by atoms with Gasteiger partial charge in [-0.3, -0.25) is 0 Å². The largest absolute Gasteiger partial charge is 0.315 e. The number of unbranched alkanes of at least 4 members (excludes halogenated alkanes) is 3. The molecular weight excluding hydrogens is 158 g/mol. The first-order valence-electron chi connectivity index (χ1n) is 4.56. The first-order valence-corrected chi connectivity index (χ1v) is 5.10. The van der Waals surface area contributed by atoms with Crippen molar-refractivity contribution in [3.8, 4) is 0 Å². The van der Waals surface area contributed by atoms with Gasteiger partial charge < -0.3 is 5.32 Å². The Kier molecular flexibility index (Phi) is 8.54. The van der Waals surface area contributed by atoms with E-state index in [1.807, 2.05) is 0 Å². The van der Waals surface area contributed by atoms with Gasteiger partial charge in [-0.2, -0.15) is 0 Å². The molecule has 1 nitrogen and oxygen atoms in total. The number of rotatable bonds is 7. The maximum atomic E-state index is 5.55. The highest BCUT2D eigenvalue weighted by Crippen LogP contribution is 1.99. The third kappa shape index (κ3) is 10.2. The van der Waals surface area contributed by atoms with Gasteiger partial charge in [0.05, 0.1) is 0 Å². The second kappa shape index (κ2) is 8.35. The van der Waals surface area contributed by atoms with Gasteiger partial charge in [-0.05, 0) is 19.4 Å². The molecule has 0 saturated heterocycles. The summed E-state index contributed by atoms with van der Waals surface area (Å²) in [7, 11) is 0. The summed E-state index contributed by atoms with van der Waals surface area (Å²) >= 11 is 5.55. The minimum Gasteiger partial charge on any atom is -0.315 e. The fourth-order valence-electron chi connectivity index (χ4n) is 0.964. The number of halogens is 1. The Balaban J connectivity index is 2.80. The van der Waals surface area contributed by atoms with E-state index < -0.39 is 0 Å². The molecule has 0 spiro atoms. The maximum absolute atomic E-state index is 5.55. The van der Waals surface area contributed by atoms with Gasteiger partial charge >= 0.3 is 0 Å². The minimum absolute atomic E-state index is 0.628. The van der Waals surface area contributed by atoms with E-state index in [0.29, 0.717) is 6.04 Å². The second-order valence-corrected chi connectivity index (χ2v) is 3.59. The van der Waals surface area contributed by atoms with Crippen LogP contribution >= 0.6 is 11.6 Å². The third-order valence-electron chi connectivity index (χ3n) is 1.61. The van der Waals surface area contributed by atoms with Crippen LogP contribution in [0.2, 0.25) is 0 Å². The molecule has 0 aromatic carbocycles. The van der Waals surface area contributed by atoms with Crippen LogP contribution in [-0.4, -0.2) is 18.5 Å². The lowest BCUT2D eigenvalue weighted by atomic mass is 10.2. The predicted molar refractivity (Wildman–Crippen MR) is 52.3 cm³/mol. The summed E-state index contributed by atoms with van der Waals surface area (Å²) in [6.45, 7) is 5.51. The van der Waals surface area contributed by atoms with Crippen LogP contribution in [0.4, 0.5) is 0 Å². The zero-order valence-electron chi connectivity index (χ0n) is 7.70. The van der Waals surface area contributed by atoms with Crippen LogP contribution in [0.25, 0.3) is 0 Å². The van der Waals surface area contributed by atoms with Gasteiger partial charge in [0.2, 0.25) is 0 Å². The fourth-order valence-corrected chi connectivity index (χ4v) is 1.15. The lowest BCUT2D eigenvalue weighted by Crippen LogP contribution is -2.23. The highest BCUT2D eigenvalue weighted by atomic mass is 35.5. The van der Waals surface area contributed by atoms with Crippen LogP contribution < -0.4 is 5.32 Å². The molecule has 0 aromatic rings. The normalized spacial score (nSPS) is 10.9. The van der Waals surface area contributed by atoms with Crippen LogP contribution in [0.15, 0.2) is 0 Å². The molecule has 1 N–H and O–H groups in total. The molecule has 0 rings (SSSR count). The van der Waals surface area contributed by atoms with Crippen molar-refractivity contribution in [1.82, 2.24) is 5.32 Å². The highest BCUT2D eigenvalue weighted by molar-refractivity contribution is 6.17. The van der Waals surface area contributed by atoms with Crippen LogP contribution in [0.5, 0.6) is 0 Å². The van der Waals surface area contributed by atoms with E-state index in [-0.39, 0.29) is 0 Å². The zero-order chi connectivity index (χ0) is 8.53. The highest BCUT2D eigenvalue weighted by Gasteiger charge is 1.91. The first-order chi connectivity index (χ1) is 5.27. The number of alkyl halides is 1. The first kappa shape index (κ1) is 11.2. The molecule has 0 bridgehead atoms. The molecule has 0 unspecified atom stereocenters. The molecule has 0 aliphatic rings. The molecule has 11 heavy (non-hydrogen) atoms. The van der Waals surface area contributed by atoms with Crippen LogP contribution in [0.3, 0.4) is 0 Å². The molecular formula is C9H20ClN. The Morgan fingerprint density at radius 1 is 1.09 bits per heavy atom. The number of hydrogen-bond donors (Lipinski definition) is 1. The van der Waals surface area contributed by atoms with Crippen molar-refractivity contribution in [1.29, 1.82) is 0 Å². The summed E-state index contributed by atoms with van der Waals surface area (Å²) in [4.78, 5) is 0. The molecule has 68 valence electrons. The van der Waals surface area contributed by atoms with Crippen LogP contribution in [-0.2, 0) is 0 Å². The standard InChI is InChI=1S/C9H20ClN/c1-9(2)11-8-6-4-3-5-7-10/h9,11H,3-8H2,1-2H3. The van der Waals surface area contributed by atoms with Crippen LogP contribution in [0, 0.1) is 0 Å². The van der Waals surface area contributed by atoms with Crippen molar-refractivity contribution >= 4 is 11.6 Å². The summed E-state index contributed by atoms with van der Waals surface area (Å²) in [5.41, 5.74) is 0.